The summed E-state index contributed by atoms with van der Waals surface area (Å²) in [7, 11) is 1.01. The van der Waals surface area contributed by atoms with Crippen LogP contribution >= 0.6 is 23.2 Å². The Balaban J connectivity index is 2.54. The minimum Gasteiger partial charge on any atom is -0.469 e. The molecular weight excluding hydrogens is 373 g/mol. The molecule has 2 unspecified atom stereocenters. The highest BCUT2D eigenvalue weighted by Crippen LogP contribution is 2.65. The predicted molar refractivity (Wildman–Crippen MR) is 69.1 cm³/mol. The summed E-state index contributed by atoms with van der Waals surface area (Å²) in [5.74, 6) is -3.37. The zero-order valence-corrected chi connectivity index (χ0v) is 12.7. The molecule has 1 fully saturated rings. The lowest BCUT2D eigenvalue weighted by Crippen LogP contribution is -2.12. The van der Waals surface area contributed by atoms with Gasteiger partial charge in [0.2, 0.25) is 0 Å². The van der Waals surface area contributed by atoms with Gasteiger partial charge in [0.05, 0.1) is 18.2 Å². The summed E-state index contributed by atoms with van der Waals surface area (Å²) in [5.41, 5.74) is -3.42. The maximum Gasteiger partial charge on any atom is 0.416 e. The van der Waals surface area contributed by atoms with E-state index in [1.807, 2.05) is 0 Å². The van der Waals surface area contributed by atoms with E-state index in [0.717, 1.165) is 7.11 Å². The minimum atomic E-state index is -4.99. The molecule has 0 amide bonds. The van der Waals surface area contributed by atoms with Gasteiger partial charge < -0.3 is 4.74 Å². The van der Waals surface area contributed by atoms with E-state index >= 15 is 0 Å². The molecule has 0 radical (unpaired) electrons. The molecule has 1 aliphatic carbocycles. The van der Waals surface area contributed by atoms with Gasteiger partial charge in [-0.2, -0.15) is 26.3 Å². The Morgan fingerprint density at radius 1 is 1.04 bits per heavy atom. The second-order valence-corrected chi connectivity index (χ2v) is 6.44. The van der Waals surface area contributed by atoms with Crippen molar-refractivity contribution in [2.24, 2.45) is 5.92 Å². The monoisotopic (exact) mass is 380 g/mol. The van der Waals surface area contributed by atoms with Gasteiger partial charge in [-0.1, -0.05) is 23.2 Å². The zero-order valence-electron chi connectivity index (χ0n) is 11.2. The van der Waals surface area contributed by atoms with Crippen LogP contribution in [-0.4, -0.2) is 17.4 Å². The van der Waals surface area contributed by atoms with E-state index in [0.29, 0.717) is 12.1 Å². The van der Waals surface area contributed by atoms with Crippen molar-refractivity contribution in [3.8, 4) is 0 Å². The lowest BCUT2D eigenvalue weighted by atomic mass is 10.0. The maximum atomic E-state index is 12.8. The molecule has 0 saturated heterocycles. The second kappa shape index (κ2) is 5.44. The van der Waals surface area contributed by atoms with E-state index < -0.39 is 51.2 Å². The minimum absolute atomic E-state index is 0.0107. The molecule has 23 heavy (non-hydrogen) atoms. The van der Waals surface area contributed by atoms with Gasteiger partial charge in [0.1, 0.15) is 10.3 Å². The molecule has 128 valence electrons. The first kappa shape index (κ1) is 18.2. The molecule has 0 spiro atoms. The van der Waals surface area contributed by atoms with Gasteiger partial charge in [0.15, 0.2) is 0 Å². The third-order valence-electron chi connectivity index (χ3n) is 3.48. The van der Waals surface area contributed by atoms with Crippen LogP contribution < -0.4 is 0 Å². The van der Waals surface area contributed by atoms with Crippen molar-refractivity contribution in [1.82, 2.24) is 0 Å². The van der Waals surface area contributed by atoms with Crippen LogP contribution in [0.3, 0.4) is 0 Å². The van der Waals surface area contributed by atoms with E-state index in [-0.39, 0.29) is 6.07 Å². The fraction of sp³-hybridized carbons (Fsp3) is 0.462. The number of rotatable bonds is 2. The molecule has 0 bridgehead atoms. The van der Waals surface area contributed by atoms with Gasteiger partial charge in [-0.3, -0.25) is 4.79 Å². The number of ether oxygens (including phenoxy) is 1. The van der Waals surface area contributed by atoms with Gasteiger partial charge in [-0.15, -0.1) is 0 Å². The highest BCUT2D eigenvalue weighted by atomic mass is 35.5. The van der Waals surface area contributed by atoms with E-state index in [2.05, 4.69) is 4.74 Å². The molecule has 2 nitrogen and oxygen atoms in total. The average Bonchev–Trinajstić information content (AvgIpc) is 2.98. The van der Waals surface area contributed by atoms with Crippen molar-refractivity contribution in [3.63, 3.8) is 0 Å². The van der Waals surface area contributed by atoms with Crippen LogP contribution in [0.4, 0.5) is 26.3 Å². The van der Waals surface area contributed by atoms with E-state index in [1.165, 1.54) is 0 Å². The maximum absolute atomic E-state index is 12.8. The highest BCUT2D eigenvalue weighted by Gasteiger charge is 2.68. The average molecular weight is 381 g/mol. The van der Waals surface area contributed by atoms with Crippen LogP contribution in [0.2, 0.25) is 0 Å². The Kier molecular flexibility index (Phi) is 4.31. The Morgan fingerprint density at radius 2 is 1.48 bits per heavy atom. The highest BCUT2D eigenvalue weighted by molar-refractivity contribution is 6.53. The number of halogens is 8. The van der Waals surface area contributed by atoms with Crippen molar-refractivity contribution in [1.29, 1.82) is 0 Å². The van der Waals surface area contributed by atoms with Crippen LogP contribution in [0.15, 0.2) is 18.2 Å². The first-order valence-electron chi connectivity index (χ1n) is 6.05. The predicted octanol–water partition coefficient (Wildman–Crippen LogP) is 4.78. The van der Waals surface area contributed by atoms with E-state index in [9.17, 15) is 31.1 Å². The fourth-order valence-corrected chi connectivity index (χ4v) is 3.13. The van der Waals surface area contributed by atoms with Gasteiger partial charge in [0, 0.05) is 5.92 Å². The molecule has 0 aromatic heterocycles. The summed E-state index contributed by atoms with van der Waals surface area (Å²) in [6.07, 6.45) is -9.99. The van der Waals surface area contributed by atoms with E-state index in [1.54, 1.807) is 0 Å². The van der Waals surface area contributed by atoms with Crippen LogP contribution in [0.5, 0.6) is 0 Å². The number of benzene rings is 1. The molecule has 1 aromatic carbocycles. The smallest absolute Gasteiger partial charge is 0.416 e. The van der Waals surface area contributed by atoms with Crippen LogP contribution in [-0.2, 0) is 21.9 Å². The second-order valence-electron chi connectivity index (χ2n) is 4.99. The first-order chi connectivity index (χ1) is 10.3. The standard InChI is InChI=1S/C13H8Cl2F6O2/c1-23-10(22)9-8(11(9,14)15)5-2-6(12(16,17)18)4-7(3-5)13(19,20)21/h2-4,8-9H,1H3. The number of hydrogen-bond acceptors (Lipinski definition) is 2. The van der Waals surface area contributed by atoms with Gasteiger partial charge in [-0.25, -0.2) is 0 Å². The quantitative estimate of drug-likeness (QED) is 0.419. The largest absolute Gasteiger partial charge is 0.469 e. The molecule has 0 aliphatic heterocycles. The molecule has 1 aromatic rings. The molecule has 10 heteroatoms. The molecule has 0 heterocycles. The summed E-state index contributed by atoms with van der Waals surface area (Å²) < 4.78 is 79.4. The summed E-state index contributed by atoms with van der Waals surface area (Å²) >= 11 is 11.6. The molecule has 1 saturated carbocycles. The molecule has 2 atom stereocenters. The number of alkyl halides is 8. The van der Waals surface area contributed by atoms with Crippen molar-refractivity contribution in [2.75, 3.05) is 7.11 Å². The topological polar surface area (TPSA) is 26.3 Å². The summed E-state index contributed by atoms with van der Waals surface area (Å²) in [6, 6.07) is 0.994. The first-order valence-corrected chi connectivity index (χ1v) is 6.80. The normalized spacial score (nSPS) is 23.5. The molecule has 1 aliphatic rings. The van der Waals surface area contributed by atoms with Crippen molar-refractivity contribution >= 4 is 29.2 Å². The number of hydrogen-bond donors (Lipinski definition) is 0. The van der Waals surface area contributed by atoms with Gasteiger partial charge in [-0.05, 0) is 23.8 Å². The Bertz CT molecular complexity index is 606. The lowest BCUT2D eigenvalue weighted by molar-refractivity contribution is -0.143. The zero-order chi connectivity index (χ0) is 17.8. The number of methoxy groups -OCH3 is 1. The van der Waals surface area contributed by atoms with Crippen LogP contribution in [0.25, 0.3) is 0 Å². The summed E-state index contributed by atoms with van der Waals surface area (Å²) in [4.78, 5) is 11.5. The van der Waals surface area contributed by atoms with Gasteiger partial charge >= 0.3 is 18.3 Å². The third kappa shape index (κ3) is 3.38. The number of carbonyl (C=O) groups excluding carboxylic acids is 1. The van der Waals surface area contributed by atoms with E-state index in [4.69, 9.17) is 23.2 Å². The number of carbonyl (C=O) groups is 1. The lowest BCUT2D eigenvalue weighted by Gasteiger charge is -2.14. The van der Waals surface area contributed by atoms with Crippen molar-refractivity contribution < 1.29 is 35.9 Å². The Hall–Kier alpha value is -1.15. The SMILES string of the molecule is COC(=O)C1C(c2cc(C(F)(F)F)cc(C(F)(F)F)c2)C1(Cl)Cl. The van der Waals surface area contributed by atoms with Crippen LogP contribution in [0, 0.1) is 5.92 Å². The summed E-state index contributed by atoms with van der Waals surface area (Å²) in [5, 5.41) is 0. The third-order valence-corrected chi connectivity index (χ3v) is 4.42. The van der Waals surface area contributed by atoms with Crippen molar-refractivity contribution in [2.45, 2.75) is 22.6 Å². The Morgan fingerprint density at radius 3 is 1.83 bits per heavy atom. The molecular formula is C13H8Cl2F6O2. The molecule has 0 N–H and O–H groups in total. The van der Waals surface area contributed by atoms with Crippen LogP contribution in [0.1, 0.15) is 22.6 Å². The van der Waals surface area contributed by atoms with Gasteiger partial charge in [0.25, 0.3) is 0 Å². The molecule has 2 rings (SSSR count). The van der Waals surface area contributed by atoms with Crippen molar-refractivity contribution in [3.05, 3.63) is 34.9 Å². The summed E-state index contributed by atoms with van der Waals surface area (Å²) in [6.45, 7) is 0. The Labute approximate surface area is 136 Å². The fourth-order valence-electron chi connectivity index (χ4n) is 2.32. The number of esters is 1.